The van der Waals surface area contributed by atoms with E-state index in [2.05, 4.69) is 22.7 Å². The van der Waals surface area contributed by atoms with Gasteiger partial charge in [0.15, 0.2) is 0 Å². The summed E-state index contributed by atoms with van der Waals surface area (Å²) in [5, 5.41) is 5.12. The summed E-state index contributed by atoms with van der Waals surface area (Å²) < 4.78 is 6.56. The van der Waals surface area contributed by atoms with Gasteiger partial charge < -0.3 is 4.74 Å². The summed E-state index contributed by atoms with van der Waals surface area (Å²) in [5.74, 6) is 0.160. The SMILES string of the molecule is CCOC(=O)c1nn(-c2cccc(Cl)c2)c(=NCCS)s1. The number of hydrogen-bond acceptors (Lipinski definition) is 6. The molecule has 0 unspecified atom stereocenters. The van der Waals surface area contributed by atoms with Crippen molar-refractivity contribution in [2.45, 2.75) is 6.92 Å². The number of thiol groups is 1. The van der Waals surface area contributed by atoms with E-state index >= 15 is 0 Å². The number of benzene rings is 1. The molecular weight excluding hydrogens is 330 g/mol. The molecule has 0 saturated carbocycles. The van der Waals surface area contributed by atoms with Gasteiger partial charge >= 0.3 is 5.97 Å². The van der Waals surface area contributed by atoms with Crippen molar-refractivity contribution in [2.24, 2.45) is 4.99 Å². The molecule has 0 fully saturated rings. The van der Waals surface area contributed by atoms with Gasteiger partial charge in [-0.2, -0.15) is 12.6 Å². The van der Waals surface area contributed by atoms with Gasteiger partial charge in [-0.3, -0.25) is 4.99 Å². The van der Waals surface area contributed by atoms with E-state index in [9.17, 15) is 4.79 Å². The van der Waals surface area contributed by atoms with Crippen LogP contribution in [0.4, 0.5) is 0 Å². The summed E-state index contributed by atoms with van der Waals surface area (Å²) in [6.07, 6.45) is 0. The molecule has 0 aliphatic rings. The molecule has 0 aliphatic carbocycles. The highest BCUT2D eigenvalue weighted by atomic mass is 35.5. The van der Waals surface area contributed by atoms with E-state index in [1.54, 1.807) is 23.7 Å². The van der Waals surface area contributed by atoms with Gasteiger partial charge in [0.05, 0.1) is 18.8 Å². The highest BCUT2D eigenvalue weighted by molar-refractivity contribution is 7.80. The van der Waals surface area contributed by atoms with E-state index in [4.69, 9.17) is 16.3 Å². The molecule has 1 heterocycles. The molecule has 0 amide bonds. The Morgan fingerprint density at radius 1 is 1.57 bits per heavy atom. The van der Waals surface area contributed by atoms with Gasteiger partial charge in [-0.1, -0.05) is 29.0 Å². The minimum Gasteiger partial charge on any atom is -0.461 e. The van der Waals surface area contributed by atoms with Crippen LogP contribution in [0, 0.1) is 0 Å². The number of halogens is 1. The molecule has 2 aromatic rings. The topological polar surface area (TPSA) is 56.5 Å². The molecular formula is C13H14ClN3O2S2. The third kappa shape index (κ3) is 4.09. The molecule has 1 aromatic carbocycles. The van der Waals surface area contributed by atoms with Gasteiger partial charge in [-0.25, -0.2) is 9.48 Å². The summed E-state index contributed by atoms with van der Waals surface area (Å²) in [6, 6.07) is 7.20. The molecule has 0 radical (unpaired) electrons. The second-order valence-electron chi connectivity index (χ2n) is 3.91. The molecule has 112 valence electrons. The van der Waals surface area contributed by atoms with Crippen molar-refractivity contribution in [1.29, 1.82) is 0 Å². The van der Waals surface area contributed by atoms with Crippen LogP contribution in [0.2, 0.25) is 5.02 Å². The summed E-state index contributed by atoms with van der Waals surface area (Å²) >= 11 is 11.3. The lowest BCUT2D eigenvalue weighted by Crippen LogP contribution is -2.15. The lowest BCUT2D eigenvalue weighted by Gasteiger charge is -2.01. The summed E-state index contributed by atoms with van der Waals surface area (Å²) in [6.45, 7) is 2.59. The van der Waals surface area contributed by atoms with Gasteiger partial charge in [0.25, 0.3) is 0 Å². The smallest absolute Gasteiger partial charge is 0.369 e. The first-order valence-corrected chi connectivity index (χ1v) is 8.13. The third-order valence-electron chi connectivity index (χ3n) is 2.41. The molecule has 0 aliphatic heterocycles. The van der Waals surface area contributed by atoms with E-state index in [1.165, 1.54) is 11.3 Å². The van der Waals surface area contributed by atoms with Crippen LogP contribution in [0.15, 0.2) is 29.3 Å². The fourth-order valence-electron chi connectivity index (χ4n) is 1.58. The summed E-state index contributed by atoms with van der Waals surface area (Å²) in [4.78, 5) is 16.8. The second kappa shape index (κ2) is 7.63. The quantitative estimate of drug-likeness (QED) is 0.670. The maximum absolute atomic E-state index is 11.8. The Morgan fingerprint density at radius 2 is 2.38 bits per heavy atom. The molecule has 2 rings (SSSR count). The fourth-order valence-corrected chi connectivity index (χ4v) is 2.69. The Morgan fingerprint density at radius 3 is 3.05 bits per heavy atom. The van der Waals surface area contributed by atoms with Crippen LogP contribution < -0.4 is 4.80 Å². The standard InChI is InChI=1S/C13H14ClN3O2S2/c1-2-19-12(18)11-16-17(13(21-11)15-6-7-20)10-5-3-4-9(14)8-10/h3-5,8,20H,2,6-7H2,1H3. The molecule has 8 heteroatoms. The zero-order chi connectivity index (χ0) is 15.2. The number of nitrogens with zero attached hydrogens (tertiary/aromatic N) is 3. The van der Waals surface area contributed by atoms with Gasteiger partial charge in [0.2, 0.25) is 9.81 Å². The van der Waals surface area contributed by atoms with E-state index in [0.29, 0.717) is 28.7 Å². The largest absolute Gasteiger partial charge is 0.461 e. The molecule has 0 N–H and O–H groups in total. The van der Waals surface area contributed by atoms with Crippen LogP contribution in [-0.2, 0) is 4.74 Å². The first kappa shape index (κ1) is 16.1. The van der Waals surface area contributed by atoms with Crippen molar-refractivity contribution in [1.82, 2.24) is 9.78 Å². The van der Waals surface area contributed by atoms with Crippen LogP contribution in [0.25, 0.3) is 5.69 Å². The summed E-state index contributed by atoms with van der Waals surface area (Å²) in [5.41, 5.74) is 0.743. The van der Waals surface area contributed by atoms with Crippen molar-refractivity contribution >= 4 is 41.5 Å². The van der Waals surface area contributed by atoms with Crippen molar-refractivity contribution in [3.63, 3.8) is 0 Å². The van der Waals surface area contributed by atoms with Crippen LogP contribution in [0.5, 0.6) is 0 Å². The number of esters is 1. The van der Waals surface area contributed by atoms with Crippen LogP contribution in [-0.4, -0.2) is 34.7 Å². The molecule has 21 heavy (non-hydrogen) atoms. The Balaban J connectivity index is 2.50. The second-order valence-corrected chi connectivity index (χ2v) is 5.75. The number of ether oxygens (including phenoxy) is 1. The predicted octanol–water partition coefficient (Wildman–Crippen LogP) is 2.59. The average Bonchev–Trinajstić information content (AvgIpc) is 2.89. The monoisotopic (exact) mass is 343 g/mol. The molecule has 1 aromatic heterocycles. The minimum absolute atomic E-state index is 0.259. The minimum atomic E-state index is -0.453. The van der Waals surface area contributed by atoms with Crippen molar-refractivity contribution in [3.8, 4) is 5.69 Å². The van der Waals surface area contributed by atoms with E-state index in [1.807, 2.05) is 12.1 Å². The molecule has 0 saturated heterocycles. The number of aromatic nitrogens is 2. The fraction of sp³-hybridized carbons (Fsp3) is 0.308. The molecule has 0 atom stereocenters. The number of carbonyl (C=O) groups excluding carboxylic acids is 1. The molecule has 5 nitrogen and oxygen atoms in total. The summed E-state index contributed by atoms with van der Waals surface area (Å²) in [7, 11) is 0. The lowest BCUT2D eigenvalue weighted by molar-refractivity contribution is 0.0524. The normalized spacial score (nSPS) is 11.7. The van der Waals surface area contributed by atoms with Crippen LogP contribution in [0.3, 0.4) is 0 Å². The van der Waals surface area contributed by atoms with Crippen molar-refractivity contribution in [3.05, 3.63) is 39.1 Å². The van der Waals surface area contributed by atoms with Crippen molar-refractivity contribution in [2.75, 3.05) is 18.9 Å². The number of carbonyl (C=O) groups is 1. The number of rotatable bonds is 5. The molecule has 0 bridgehead atoms. The van der Waals surface area contributed by atoms with Crippen LogP contribution >= 0.6 is 35.6 Å². The average molecular weight is 344 g/mol. The van der Waals surface area contributed by atoms with Gasteiger partial charge in [-0.15, -0.1) is 5.10 Å². The van der Waals surface area contributed by atoms with E-state index in [-0.39, 0.29) is 5.01 Å². The third-order valence-corrected chi connectivity index (χ3v) is 3.77. The van der Waals surface area contributed by atoms with Crippen LogP contribution in [0.1, 0.15) is 16.7 Å². The highest BCUT2D eigenvalue weighted by Gasteiger charge is 2.15. The zero-order valence-corrected chi connectivity index (χ0v) is 13.8. The maximum atomic E-state index is 11.8. The Labute approximate surface area is 136 Å². The molecule has 0 spiro atoms. The van der Waals surface area contributed by atoms with Crippen molar-refractivity contribution < 1.29 is 9.53 Å². The first-order valence-electron chi connectivity index (χ1n) is 6.30. The first-order chi connectivity index (χ1) is 10.2. The Kier molecular flexibility index (Phi) is 5.84. The van der Waals surface area contributed by atoms with E-state index < -0.39 is 5.97 Å². The van der Waals surface area contributed by atoms with Gasteiger partial charge in [-0.05, 0) is 25.1 Å². The predicted molar refractivity (Wildman–Crippen MR) is 86.7 cm³/mol. The zero-order valence-electron chi connectivity index (χ0n) is 11.3. The van der Waals surface area contributed by atoms with Gasteiger partial charge in [0, 0.05) is 10.8 Å². The Hall–Kier alpha value is -1.31. The highest BCUT2D eigenvalue weighted by Crippen LogP contribution is 2.14. The Bertz CT molecular complexity index is 697. The maximum Gasteiger partial charge on any atom is 0.369 e. The number of hydrogen-bond donors (Lipinski definition) is 1. The van der Waals surface area contributed by atoms with E-state index in [0.717, 1.165) is 5.69 Å². The lowest BCUT2D eigenvalue weighted by atomic mass is 10.3. The van der Waals surface area contributed by atoms with Gasteiger partial charge in [0.1, 0.15) is 0 Å².